The molecule has 2 heterocycles. The largest absolute Gasteiger partial charge is 0.352 e. The fourth-order valence-electron chi connectivity index (χ4n) is 3.68. The summed E-state index contributed by atoms with van der Waals surface area (Å²) in [6, 6.07) is 12.6. The Hall–Kier alpha value is -4.27. The molecule has 0 unspecified atom stereocenters. The first-order valence-electron chi connectivity index (χ1n) is 10.6. The molecule has 2 amide bonds. The van der Waals surface area contributed by atoms with Crippen molar-refractivity contribution in [3.63, 3.8) is 0 Å². The minimum atomic E-state index is -0.409. The standard InChI is InChI=1S/C24H24N6O3/c1-4-25-23(32)17-6-5-7-18(11-17)28-21(31)13-29-14-26-22-20(24(29)33)12-27-30(22)19-9-15(2)8-16(3)10-19/h5-12,14H,4,13H2,1-3H3,(H,25,32)(H,28,31). The van der Waals surface area contributed by atoms with Gasteiger partial charge in [0, 0.05) is 17.8 Å². The average molecular weight is 444 g/mol. The monoisotopic (exact) mass is 444 g/mol. The van der Waals surface area contributed by atoms with E-state index in [0.717, 1.165) is 16.8 Å². The van der Waals surface area contributed by atoms with Crippen molar-refractivity contribution in [1.29, 1.82) is 0 Å². The van der Waals surface area contributed by atoms with Crippen LogP contribution in [0.15, 0.2) is 59.8 Å². The van der Waals surface area contributed by atoms with Crippen LogP contribution in [0.1, 0.15) is 28.4 Å². The molecule has 9 nitrogen and oxygen atoms in total. The van der Waals surface area contributed by atoms with Gasteiger partial charge in [0.2, 0.25) is 5.91 Å². The van der Waals surface area contributed by atoms with Crippen LogP contribution in [0.2, 0.25) is 0 Å². The van der Waals surface area contributed by atoms with E-state index in [1.165, 1.54) is 17.1 Å². The Morgan fingerprint density at radius 3 is 2.55 bits per heavy atom. The zero-order chi connectivity index (χ0) is 23.5. The molecule has 0 spiro atoms. The molecule has 2 N–H and O–H groups in total. The van der Waals surface area contributed by atoms with Gasteiger partial charge in [0.1, 0.15) is 18.3 Å². The Labute approximate surface area is 190 Å². The molecule has 2 aromatic heterocycles. The zero-order valence-corrected chi connectivity index (χ0v) is 18.6. The second kappa shape index (κ2) is 9.07. The van der Waals surface area contributed by atoms with Gasteiger partial charge in [0.15, 0.2) is 5.65 Å². The van der Waals surface area contributed by atoms with Crippen molar-refractivity contribution in [2.24, 2.45) is 0 Å². The number of aryl methyl sites for hydroxylation is 2. The maximum Gasteiger partial charge on any atom is 0.264 e. The van der Waals surface area contributed by atoms with Gasteiger partial charge >= 0.3 is 0 Å². The third kappa shape index (κ3) is 4.67. The van der Waals surface area contributed by atoms with Crippen LogP contribution >= 0.6 is 0 Å². The highest BCUT2D eigenvalue weighted by atomic mass is 16.2. The first-order chi connectivity index (χ1) is 15.9. The van der Waals surface area contributed by atoms with E-state index in [-0.39, 0.29) is 18.0 Å². The molecule has 0 bridgehead atoms. The molecule has 168 valence electrons. The van der Waals surface area contributed by atoms with Crippen molar-refractivity contribution in [1.82, 2.24) is 24.6 Å². The van der Waals surface area contributed by atoms with E-state index >= 15 is 0 Å². The van der Waals surface area contributed by atoms with Crippen molar-refractivity contribution >= 4 is 28.5 Å². The van der Waals surface area contributed by atoms with Gasteiger partial charge in [-0.05, 0) is 62.2 Å². The fraction of sp³-hybridized carbons (Fsp3) is 0.208. The molecule has 4 rings (SSSR count). The summed E-state index contributed by atoms with van der Waals surface area (Å²) >= 11 is 0. The van der Waals surface area contributed by atoms with E-state index in [1.54, 1.807) is 28.9 Å². The molecule has 0 fully saturated rings. The van der Waals surface area contributed by atoms with Crippen LogP contribution in [0.4, 0.5) is 5.69 Å². The molecule has 0 saturated carbocycles. The Bertz CT molecular complexity index is 1400. The van der Waals surface area contributed by atoms with E-state index in [1.807, 2.05) is 32.9 Å². The molecule has 9 heteroatoms. The van der Waals surface area contributed by atoms with Gasteiger partial charge in [-0.3, -0.25) is 19.0 Å². The third-order valence-electron chi connectivity index (χ3n) is 5.07. The minimum Gasteiger partial charge on any atom is -0.352 e. The highest BCUT2D eigenvalue weighted by Crippen LogP contribution is 2.17. The second-order valence-electron chi connectivity index (χ2n) is 7.81. The number of rotatable bonds is 6. The Morgan fingerprint density at radius 2 is 1.82 bits per heavy atom. The number of aromatic nitrogens is 4. The summed E-state index contributed by atoms with van der Waals surface area (Å²) in [6.07, 6.45) is 2.81. The van der Waals surface area contributed by atoms with Crippen molar-refractivity contribution in [2.45, 2.75) is 27.3 Å². The molecule has 0 atom stereocenters. The number of hydrogen-bond acceptors (Lipinski definition) is 5. The SMILES string of the molecule is CCNC(=O)c1cccc(NC(=O)Cn2cnc3c(cnn3-c3cc(C)cc(C)c3)c2=O)c1. The van der Waals surface area contributed by atoms with E-state index in [4.69, 9.17) is 0 Å². The summed E-state index contributed by atoms with van der Waals surface area (Å²) in [5.41, 5.74) is 3.95. The summed E-state index contributed by atoms with van der Waals surface area (Å²) in [4.78, 5) is 41.9. The Balaban J connectivity index is 1.56. The van der Waals surface area contributed by atoms with E-state index in [0.29, 0.717) is 28.8 Å². The zero-order valence-electron chi connectivity index (χ0n) is 18.6. The summed E-state index contributed by atoms with van der Waals surface area (Å²) in [5.74, 6) is -0.631. The first kappa shape index (κ1) is 21.9. The molecule has 0 aliphatic carbocycles. The van der Waals surface area contributed by atoms with Gasteiger partial charge < -0.3 is 10.6 Å². The summed E-state index contributed by atoms with van der Waals surface area (Å²) in [5, 5.41) is 10.1. The number of nitrogens with zero attached hydrogens (tertiary/aromatic N) is 4. The van der Waals surface area contributed by atoms with Gasteiger partial charge in [-0.15, -0.1) is 0 Å². The van der Waals surface area contributed by atoms with E-state index < -0.39 is 5.91 Å². The number of carbonyl (C=O) groups excluding carboxylic acids is 2. The number of benzene rings is 2. The van der Waals surface area contributed by atoms with Crippen molar-refractivity contribution in [3.8, 4) is 5.69 Å². The van der Waals surface area contributed by atoms with Gasteiger partial charge in [0.25, 0.3) is 11.5 Å². The van der Waals surface area contributed by atoms with Gasteiger partial charge in [-0.2, -0.15) is 5.10 Å². The molecular formula is C24H24N6O3. The van der Waals surface area contributed by atoms with Crippen LogP contribution in [-0.4, -0.2) is 37.7 Å². The predicted octanol–water partition coefficient (Wildman–Crippen LogP) is 2.59. The number of amides is 2. The molecule has 0 saturated heterocycles. The first-order valence-corrected chi connectivity index (χ1v) is 10.6. The van der Waals surface area contributed by atoms with Crippen molar-refractivity contribution in [2.75, 3.05) is 11.9 Å². The van der Waals surface area contributed by atoms with Crippen LogP contribution in [0.3, 0.4) is 0 Å². The highest BCUT2D eigenvalue weighted by Gasteiger charge is 2.14. The molecule has 0 aliphatic heterocycles. The van der Waals surface area contributed by atoms with Crippen LogP contribution in [-0.2, 0) is 11.3 Å². The third-order valence-corrected chi connectivity index (χ3v) is 5.07. The number of carbonyl (C=O) groups is 2. The van der Waals surface area contributed by atoms with Crippen molar-refractivity contribution in [3.05, 3.63) is 82.0 Å². The lowest BCUT2D eigenvalue weighted by Gasteiger charge is -2.09. The van der Waals surface area contributed by atoms with Crippen molar-refractivity contribution < 1.29 is 9.59 Å². The normalized spacial score (nSPS) is 10.9. The van der Waals surface area contributed by atoms with E-state index in [2.05, 4.69) is 26.8 Å². The number of fused-ring (bicyclic) bond motifs is 1. The molecule has 33 heavy (non-hydrogen) atoms. The second-order valence-corrected chi connectivity index (χ2v) is 7.81. The molecule has 2 aromatic carbocycles. The molecule has 0 radical (unpaired) electrons. The molecule has 4 aromatic rings. The summed E-state index contributed by atoms with van der Waals surface area (Å²) < 4.78 is 2.85. The molecule has 0 aliphatic rings. The lowest BCUT2D eigenvalue weighted by Crippen LogP contribution is -2.28. The average Bonchev–Trinajstić information content (AvgIpc) is 3.20. The minimum absolute atomic E-state index is 0.220. The maximum absolute atomic E-state index is 12.9. The van der Waals surface area contributed by atoms with Crippen LogP contribution in [0.25, 0.3) is 16.7 Å². The number of nitrogens with one attached hydrogen (secondary N) is 2. The smallest absolute Gasteiger partial charge is 0.264 e. The topological polar surface area (TPSA) is 111 Å². The van der Waals surface area contributed by atoms with E-state index in [9.17, 15) is 14.4 Å². The van der Waals surface area contributed by atoms with Crippen LogP contribution < -0.4 is 16.2 Å². The number of anilines is 1. The number of hydrogen-bond donors (Lipinski definition) is 2. The summed E-state index contributed by atoms with van der Waals surface area (Å²) in [6.45, 7) is 6.10. The van der Waals surface area contributed by atoms with Gasteiger partial charge in [-0.25, -0.2) is 9.67 Å². The fourth-order valence-corrected chi connectivity index (χ4v) is 3.68. The quantitative estimate of drug-likeness (QED) is 0.475. The Morgan fingerprint density at radius 1 is 1.06 bits per heavy atom. The highest BCUT2D eigenvalue weighted by molar-refractivity contribution is 5.97. The maximum atomic E-state index is 12.9. The van der Waals surface area contributed by atoms with Crippen LogP contribution in [0.5, 0.6) is 0 Å². The Kier molecular flexibility index (Phi) is 6.03. The predicted molar refractivity (Wildman–Crippen MR) is 126 cm³/mol. The lowest BCUT2D eigenvalue weighted by atomic mass is 10.1. The lowest BCUT2D eigenvalue weighted by molar-refractivity contribution is -0.116. The van der Waals surface area contributed by atoms with Gasteiger partial charge in [0.05, 0.1) is 11.9 Å². The summed E-state index contributed by atoms with van der Waals surface area (Å²) in [7, 11) is 0. The van der Waals surface area contributed by atoms with Gasteiger partial charge in [-0.1, -0.05) is 12.1 Å². The molecular weight excluding hydrogens is 420 g/mol. The van der Waals surface area contributed by atoms with Crippen LogP contribution in [0, 0.1) is 13.8 Å².